The van der Waals surface area contributed by atoms with E-state index in [1.165, 1.54) is 38.5 Å². The number of nitrogens with zero attached hydrogens (tertiary/aromatic N) is 2. The molecule has 5 heteroatoms. The lowest BCUT2D eigenvalue weighted by Gasteiger charge is -2.64. The third-order valence-electron chi connectivity index (χ3n) is 5.65. The molecule has 4 aliphatic carbocycles. The quantitative estimate of drug-likeness (QED) is 0.633. The summed E-state index contributed by atoms with van der Waals surface area (Å²) in [5, 5.41) is 4.21. The molecule has 2 unspecified atom stereocenters. The molecular weight excluding hydrogens is 240 g/mol. The highest BCUT2D eigenvalue weighted by Crippen LogP contribution is 2.69. The van der Waals surface area contributed by atoms with Gasteiger partial charge in [-0.05, 0) is 55.3 Å². The van der Waals surface area contributed by atoms with Gasteiger partial charge in [-0.1, -0.05) is 19.0 Å². The number of nitrogens with two attached hydrogens (primary N) is 1. The molecule has 2 atom stereocenters. The van der Waals surface area contributed by atoms with Gasteiger partial charge in [0.25, 0.3) is 0 Å². The zero-order valence-corrected chi connectivity index (χ0v) is 11.7. The highest BCUT2D eigenvalue weighted by molar-refractivity contribution is 5.25. The molecule has 0 aromatic carbocycles. The van der Waals surface area contributed by atoms with E-state index in [-0.39, 0.29) is 5.41 Å². The molecule has 104 valence electrons. The number of hydrazine groups is 1. The van der Waals surface area contributed by atoms with E-state index in [4.69, 9.17) is 10.4 Å². The summed E-state index contributed by atoms with van der Waals surface area (Å²) in [5.41, 5.74) is 3.51. The maximum Gasteiger partial charge on any atom is 0.335 e. The second kappa shape index (κ2) is 3.32. The van der Waals surface area contributed by atoms with Crippen molar-refractivity contribution in [2.45, 2.75) is 57.8 Å². The summed E-state index contributed by atoms with van der Waals surface area (Å²) >= 11 is 0. The molecule has 4 aliphatic rings. The molecule has 0 amide bonds. The number of nitrogen functional groups attached to an aromatic ring is 1. The van der Waals surface area contributed by atoms with Crippen molar-refractivity contribution in [3.63, 3.8) is 0 Å². The summed E-state index contributed by atoms with van der Waals surface area (Å²) in [6.45, 7) is 4.90. The van der Waals surface area contributed by atoms with Gasteiger partial charge < -0.3 is 4.52 Å². The van der Waals surface area contributed by atoms with Gasteiger partial charge in [-0.25, -0.2) is 5.84 Å². The number of nitrogens with one attached hydrogen (secondary N) is 1. The number of hydrogen-bond acceptors (Lipinski definition) is 5. The number of anilines is 1. The predicted octanol–water partition coefficient (Wildman–Crippen LogP) is 2.60. The molecule has 0 saturated heterocycles. The Labute approximate surface area is 113 Å². The molecule has 1 aromatic rings. The van der Waals surface area contributed by atoms with Crippen LogP contribution in [0, 0.1) is 16.7 Å². The van der Waals surface area contributed by atoms with Crippen molar-refractivity contribution < 1.29 is 4.52 Å². The Hall–Kier alpha value is -1.10. The molecule has 5 nitrogen and oxygen atoms in total. The largest absolute Gasteiger partial charge is 0.335 e. The smallest absolute Gasteiger partial charge is 0.314 e. The van der Waals surface area contributed by atoms with Gasteiger partial charge in [0.15, 0.2) is 5.82 Å². The fraction of sp³-hybridized carbons (Fsp3) is 0.857. The lowest BCUT2D eigenvalue weighted by molar-refractivity contribution is -0.113. The van der Waals surface area contributed by atoms with Crippen molar-refractivity contribution in [3.8, 4) is 0 Å². The topological polar surface area (TPSA) is 77.0 Å². The summed E-state index contributed by atoms with van der Waals surface area (Å²) in [5.74, 6) is 7.07. The summed E-state index contributed by atoms with van der Waals surface area (Å²) in [4.78, 5) is 4.47. The number of aromatic nitrogens is 2. The summed E-state index contributed by atoms with van der Waals surface area (Å²) in [6, 6.07) is 0.334. The molecule has 0 aliphatic heterocycles. The van der Waals surface area contributed by atoms with Crippen LogP contribution in [-0.4, -0.2) is 10.1 Å². The van der Waals surface area contributed by atoms with Gasteiger partial charge in [-0.3, -0.25) is 5.43 Å². The second-order valence-electron chi connectivity index (χ2n) is 7.98. The molecule has 3 N–H and O–H groups in total. The Kier molecular flexibility index (Phi) is 2.04. The standard InChI is InChI=1S/C14H22N4O/c1-12-3-9-4-13(2,6-12)8-14(5-9,7-12)10-16-11(17-15)19-18-10/h9H,3-8,15H2,1-2H3,(H,16,17,18). The zero-order valence-electron chi connectivity index (χ0n) is 11.7. The molecule has 4 saturated carbocycles. The van der Waals surface area contributed by atoms with Crippen LogP contribution >= 0.6 is 0 Å². The highest BCUT2D eigenvalue weighted by Gasteiger charge is 2.62. The summed E-state index contributed by atoms with van der Waals surface area (Å²) in [6.07, 6.45) is 7.75. The molecule has 19 heavy (non-hydrogen) atoms. The third-order valence-corrected chi connectivity index (χ3v) is 5.65. The van der Waals surface area contributed by atoms with E-state index in [0.29, 0.717) is 16.8 Å². The average Bonchev–Trinajstić information content (AvgIpc) is 2.72. The Morgan fingerprint density at radius 3 is 2.37 bits per heavy atom. The van der Waals surface area contributed by atoms with E-state index < -0.39 is 0 Å². The minimum atomic E-state index is 0.127. The van der Waals surface area contributed by atoms with Crippen molar-refractivity contribution in [3.05, 3.63) is 5.82 Å². The molecule has 0 radical (unpaired) electrons. The average molecular weight is 262 g/mol. The lowest BCUT2D eigenvalue weighted by Crippen LogP contribution is -2.57. The van der Waals surface area contributed by atoms with Crippen LogP contribution in [0.1, 0.15) is 58.2 Å². The van der Waals surface area contributed by atoms with Crippen molar-refractivity contribution in [1.82, 2.24) is 10.1 Å². The van der Waals surface area contributed by atoms with E-state index in [1.807, 2.05) is 0 Å². The monoisotopic (exact) mass is 262 g/mol. The van der Waals surface area contributed by atoms with Crippen molar-refractivity contribution >= 4 is 6.01 Å². The first kappa shape index (κ1) is 11.7. The van der Waals surface area contributed by atoms with Crippen molar-refractivity contribution in [1.29, 1.82) is 0 Å². The van der Waals surface area contributed by atoms with Crippen LogP contribution in [0.3, 0.4) is 0 Å². The highest BCUT2D eigenvalue weighted by atomic mass is 16.5. The Morgan fingerprint density at radius 2 is 1.84 bits per heavy atom. The van der Waals surface area contributed by atoms with Gasteiger partial charge in [0.1, 0.15) is 0 Å². The molecule has 0 spiro atoms. The van der Waals surface area contributed by atoms with Crippen LogP contribution < -0.4 is 11.3 Å². The zero-order chi connectivity index (χ0) is 13.3. The maximum absolute atomic E-state index is 5.36. The molecule has 5 rings (SSSR count). The first-order valence-electron chi connectivity index (χ1n) is 7.25. The first-order chi connectivity index (χ1) is 8.94. The lowest BCUT2D eigenvalue weighted by atomic mass is 9.40. The van der Waals surface area contributed by atoms with Crippen LogP contribution in [0.25, 0.3) is 0 Å². The van der Waals surface area contributed by atoms with Gasteiger partial charge in [-0.2, -0.15) is 4.98 Å². The Bertz CT molecular complexity index is 507. The molecular formula is C14H22N4O. The Morgan fingerprint density at radius 1 is 1.16 bits per heavy atom. The second-order valence-corrected chi connectivity index (χ2v) is 7.98. The van der Waals surface area contributed by atoms with Crippen LogP contribution in [0.2, 0.25) is 0 Å². The van der Waals surface area contributed by atoms with Gasteiger partial charge in [-0.15, -0.1) is 0 Å². The Balaban J connectivity index is 1.78. The van der Waals surface area contributed by atoms with E-state index in [1.54, 1.807) is 0 Å². The molecule has 4 bridgehead atoms. The fourth-order valence-corrected chi connectivity index (χ4v) is 6.19. The number of hydrogen-bond donors (Lipinski definition) is 2. The van der Waals surface area contributed by atoms with Gasteiger partial charge in [0.05, 0.1) is 0 Å². The van der Waals surface area contributed by atoms with Gasteiger partial charge in [0, 0.05) is 5.41 Å². The first-order valence-corrected chi connectivity index (χ1v) is 7.25. The van der Waals surface area contributed by atoms with Gasteiger partial charge >= 0.3 is 6.01 Å². The van der Waals surface area contributed by atoms with Crippen LogP contribution in [0.4, 0.5) is 6.01 Å². The minimum absolute atomic E-state index is 0.127. The molecule has 1 aromatic heterocycles. The predicted molar refractivity (Wildman–Crippen MR) is 71.2 cm³/mol. The van der Waals surface area contributed by atoms with E-state index in [0.717, 1.165) is 11.7 Å². The minimum Gasteiger partial charge on any atom is -0.314 e. The summed E-state index contributed by atoms with van der Waals surface area (Å²) in [7, 11) is 0. The normalized spacial score (nSPS) is 47.6. The maximum atomic E-state index is 5.36. The van der Waals surface area contributed by atoms with Gasteiger partial charge in [0.2, 0.25) is 0 Å². The van der Waals surface area contributed by atoms with Crippen LogP contribution in [0.5, 0.6) is 0 Å². The van der Waals surface area contributed by atoms with Crippen LogP contribution in [0.15, 0.2) is 4.52 Å². The SMILES string of the molecule is CC12CC3CC(C)(C1)CC(c1noc(NN)n1)(C3)C2. The number of rotatable bonds is 2. The molecule has 1 heterocycles. The van der Waals surface area contributed by atoms with Crippen LogP contribution in [-0.2, 0) is 5.41 Å². The molecule has 4 fully saturated rings. The van der Waals surface area contributed by atoms with E-state index in [2.05, 4.69) is 29.4 Å². The summed E-state index contributed by atoms with van der Waals surface area (Å²) < 4.78 is 5.17. The van der Waals surface area contributed by atoms with E-state index >= 15 is 0 Å². The van der Waals surface area contributed by atoms with Crippen molar-refractivity contribution in [2.75, 3.05) is 5.43 Å². The fourth-order valence-electron chi connectivity index (χ4n) is 6.19. The third kappa shape index (κ3) is 1.57. The van der Waals surface area contributed by atoms with E-state index in [9.17, 15) is 0 Å². The van der Waals surface area contributed by atoms with Crippen molar-refractivity contribution in [2.24, 2.45) is 22.6 Å².